The van der Waals surface area contributed by atoms with E-state index < -0.39 is 40.9 Å². The Hall–Kier alpha value is -2.84. The number of hydrogen-bond acceptors (Lipinski definition) is 4. The SMILES string of the molecule is COC(=O)C1Cc2nc[nH]c2CN1C(=O)c1ccc(F)c(F)c1F. The van der Waals surface area contributed by atoms with E-state index in [0.717, 1.165) is 18.1 Å². The number of carbonyl (C=O) groups excluding carboxylic acids is 2. The van der Waals surface area contributed by atoms with Gasteiger partial charge in [0.1, 0.15) is 6.04 Å². The van der Waals surface area contributed by atoms with Crippen LogP contribution in [0.4, 0.5) is 13.2 Å². The van der Waals surface area contributed by atoms with Gasteiger partial charge in [0.15, 0.2) is 17.5 Å². The van der Waals surface area contributed by atoms with Crippen LogP contribution in [-0.2, 0) is 22.5 Å². The lowest BCUT2D eigenvalue weighted by molar-refractivity contribution is -0.146. The number of amides is 1. The molecular weight excluding hydrogens is 327 g/mol. The van der Waals surface area contributed by atoms with Gasteiger partial charge in [-0.1, -0.05) is 0 Å². The van der Waals surface area contributed by atoms with Gasteiger partial charge >= 0.3 is 5.97 Å². The fourth-order valence-corrected chi connectivity index (χ4v) is 2.64. The second-order valence-corrected chi connectivity index (χ2v) is 5.23. The number of rotatable bonds is 2. The molecule has 1 aliphatic heterocycles. The molecule has 1 atom stereocenters. The highest BCUT2D eigenvalue weighted by molar-refractivity contribution is 5.97. The summed E-state index contributed by atoms with van der Waals surface area (Å²) in [6, 6.07) is 0.461. The molecule has 2 heterocycles. The van der Waals surface area contributed by atoms with Gasteiger partial charge < -0.3 is 14.6 Å². The minimum absolute atomic E-state index is 0.0631. The van der Waals surface area contributed by atoms with E-state index in [1.54, 1.807) is 0 Å². The summed E-state index contributed by atoms with van der Waals surface area (Å²) in [5, 5.41) is 0. The number of hydrogen-bond donors (Lipinski definition) is 1. The lowest BCUT2D eigenvalue weighted by atomic mass is 10.0. The van der Waals surface area contributed by atoms with Crippen LogP contribution in [0.15, 0.2) is 18.5 Å². The number of aromatic amines is 1. The molecule has 1 aromatic carbocycles. The smallest absolute Gasteiger partial charge is 0.329 e. The van der Waals surface area contributed by atoms with Crippen LogP contribution < -0.4 is 0 Å². The predicted molar refractivity (Wildman–Crippen MR) is 74.3 cm³/mol. The number of benzene rings is 1. The lowest BCUT2D eigenvalue weighted by Crippen LogP contribution is -2.49. The van der Waals surface area contributed by atoms with Crippen molar-refractivity contribution in [3.8, 4) is 0 Å². The van der Waals surface area contributed by atoms with E-state index in [4.69, 9.17) is 0 Å². The van der Waals surface area contributed by atoms with E-state index in [-0.39, 0.29) is 13.0 Å². The molecule has 0 radical (unpaired) electrons. The molecule has 0 fully saturated rings. The van der Waals surface area contributed by atoms with Gasteiger partial charge in [-0.3, -0.25) is 4.79 Å². The van der Waals surface area contributed by atoms with Crippen molar-refractivity contribution in [2.75, 3.05) is 7.11 Å². The minimum Gasteiger partial charge on any atom is -0.467 e. The van der Waals surface area contributed by atoms with Crippen molar-refractivity contribution in [3.05, 3.63) is 52.9 Å². The summed E-state index contributed by atoms with van der Waals surface area (Å²) < 4.78 is 45.0. The largest absolute Gasteiger partial charge is 0.467 e. The number of imidazole rings is 1. The number of H-pyrrole nitrogens is 1. The molecule has 0 spiro atoms. The van der Waals surface area contributed by atoms with Crippen LogP contribution in [0.2, 0.25) is 0 Å². The number of halogens is 3. The molecule has 2 aromatic rings. The average Bonchev–Trinajstić information content (AvgIpc) is 3.05. The summed E-state index contributed by atoms with van der Waals surface area (Å²) >= 11 is 0. The second kappa shape index (κ2) is 5.99. The number of methoxy groups -OCH3 is 1. The van der Waals surface area contributed by atoms with E-state index in [1.165, 1.54) is 6.33 Å². The van der Waals surface area contributed by atoms with Crippen molar-refractivity contribution < 1.29 is 27.5 Å². The summed E-state index contributed by atoms with van der Waals surface area (Å²) in [6.45, 7) is -0.0631. The average molecular weight is 339 g/mol. The molecule has 0 bridgehead atoms. The van der Waals surface area contributed by atoms with Crippen LogP contribution in [0.25, 0.3) is 0 Å². The highest BCUT2D eigenvalue weighted by Gasteiger charge is 2.38. The fraction of sp³-hybridized carbons (Fsp3) is 0.267. The summed E-state index contributed by atoms with van der Waals surface area (Å²) in [4.78, 5) is 32.5. The van der Waals surface area contributed by atoms with Gasteiger partial charge in [0.2, 0.25) is 0 Å². The molecule has 1 amide bonds. The standard InChI is InChI=1S/C15H12F3N3O3/c1-24-15(23)11-4-9-10(20-6-19-9)5-21(11)14(22)7-2-3-8(16)13(18)12(7)17/h2-3,6,11H,4-5H2,1H3,(H,19,20). The number of esters is 1. The number of fused-ring (bicyclic) bond motifs is 1. The van der Waals surface area contributed by atoms with Crippen molar-refractivity contribution in [1.29, 1.82) is 0 Å². The molecule has 3 rings (SSSR count). The minimum atomic E-state index is -1.74. The first-order valence-electron chi connectivity index (χ1n) is 6.97. The van der Waals surface area contributed by atoms with Crippen molar-refractivity contribution >= 4 is 11.9 Å². The van der Waals surface area contributed by atoms with Crippen LogP contribution in [0.5, 0.6) is 0 Å². The van der Waals surface area contributed by atoms with Crippen LogP contribution in [-0.4, -0.2) is 39.9 Å². The third-order valence-corrected chi connectivity index (χ3v) is 3.90. The zero-order valence-electron chi connectivity index (χ0n) is 12.5. The Morgan fingerprint density at radius 1 is 1.29 bits per heavy atom. The van der Waals surface area contributed by atoms with Crippen molar-refractivity contribution in [2.24, 2.45) is 0 Å². The monoisotopic (exact) mass is 339 g/mol. The first-order valence-corrected chi connectivity index (χ1v) is 6.97. The third kappa shape index (κ3) is 2.51. The number of nitrogens with one attached hydrogen (secondary N) is 1. The molecule has 0 saturated heterocycles. The zero-order chi connectivity index (χ0) is 17.4. The Balaban J connectivity index is 2.01. The molecule has 0 saturated carbocycles. The zero-order valence-corrected chi connectivity index (χ0v) is 12.5. The molecular formula is C15H12F3N3O3. The van der Waals surface area contributed by atoms with Gasteiger partial charge in [-0.15, -0.1) is 0 Å². The van der Waals surface area contributed by atoms with Gasteiger partial charge in [0.25, 0.3) is 5.91 Å². The van der Waals surface area contributed by atoms with Crippen LogP contribution >= 0.6 is 0 Å². The van der Waals surface area contributed by atoms with Crippen molar-refractivity contribution in [2.45, 2.75) is 19.0 Å². The number of carbonyl (C=O) groups is 2. The Labute approximate surface area is 134 Å². The van der Waals surface area contributed by atoms with Crippen LogP contribution in [0.1, 0.15) is 21.7 Å². The number of ether oxygens (including phenoxy) is 1. The van der Waals surface area contributed by atoms with Crippen LogP contribution in [0.3, 0.4) is 0 Å². The third-order valence-electron chi connectivity index (χ3n) is 3.90. The quantitative estimate of drug-likeness (QED) is 0.666. The first kappa shape index (κ1) is 16.0. The van der Waals surface area contributed by atoms with E-state index in [1.807, 2.05) is 0 Å². The highest BCUT2D eigenvalue weighted by Crippen LogP contribution is 2.25. The Bertz CT molecular complexity index is 822. The maximum Gasteiger partial charge on any atom is 0.329 e. The van der Waals surface area contributed by atoms with E-state index in [2.05, 4.69) is 14.7 Å². The topological polar surface area (TPSA) is 75.3 Å². The summed E-state index contributed by atoms with van der Waals surface area (Å²) in [5.74, 6) is -6.39. The molecule has 6 nitrogen and oxygen atoms in total. The molecule has 126 valence electrons. The second-order valence-electron chi connectivity index (χ2n) is 5.23. The molecule has 9 heteroatoms. The van der Waals surface area contributed by atoms with Gasteiger partial charge in [-0.25, -0.2) is 22.9 Å². The first-order chi connectivity index (χ1) is 11.4. The molecule has 0 aliphatic carbocycles. The molecule has 1 unspecified atom stereocenters. The molecule has 1 aliphatic rings. The fourth-order valence-electron chi connectivity index (χ4n) is 2.64. The van der Waals surface area contributed by atoms with Gasteiger partial charge in [-0.2, -0.15) is 0 Å². The van der Waals surface area contributed by atoms with Gasteiger partial charge in [-0.05, 0) is 12.1 Å². The van der Waals surface area contributed by atoms with Gasteiger partial charge in [0, 0.05) is 6.42 Å². The summed E-state index contributed by atoms with van der Waals surface area (Å²) in [5.41, 5.74) is 0.498. The summed E-state index contributed by atoms with van der Waals surface area (Å²) in [6.07, 6.45) is 1.48. The molecule has 1 N–H and O–H groups in total. The summed E-state index contributed by atoms with van der Waals surface area (Å²) in [7, 11) is 1.16. The van der Waals surface area contributed by atoms with Crippen LogP contribution in [0, 0.1) is 17.5 Å². The molecule has 24 heavy (non-hydrogen) atoms. The normalized spacial score (nSPS) is 16.7. The highest BCUT2D eigenvalue weighted by atomic mass is 19.2. The van der Waals surface area contributed by atoms with Crippen molar-refractivity contribution in [3.63, 3.8) is 0 Å². The van der Waals surface area contributed by atoms with Crippen molar-refractivity contribution in [1.82, 2.24) is 14.9 Å². The number of aromatic nitrogens is 2. The van der Waals surface area contributed by atoms with E-state index >= 15 is 0 Å². The molecule has 1 aromatic heterocycles. The number of nitrogens with zero attached hydrogens (tertiary/aromatic N) is 2. The maximum atomic E-state index is 13.9. The Kier molecular flexibility index (Phi) is 4.00. The van der Waals surface area contributed by atoms with E-state index in [9.17, 15) is 22.8 Å². The van der Waals surface area contributed by atoms with E-state index in [0.29, 0.717) is 17.5 Å². The Morgan fingerprint density at radius 2 is 2.04 bits per heavy atom. The Morgan fingerprint density at radius 3 is 2.75 bits per heavy atom. The maximum absolute atomic E-state index is 13.9. The van der Waals surface area contributed by atoms with Gasteiger partial charge in [0.05, 0.1) is 36.9 Å². The predicted octanol–water partition coefficient (Wildman–Crippen LogP) is 1.57. The lowest BCUT2D eigenvalue weighted by Gasteiger charge is -2.33.